The molecule has 0 aliphatic heterocycles. The predicted octanol–water partition coefficient (Wildman–Crippen LogP) is 5.06. The molecule has 1 aliphatic rings. The molecule has 3 aromatic rings. The third kappa shape index (κ3) is 4.07. The van der Waals surface area contributed by atoms with Crippen LogP contribution in [0.1, 0.15) is 51.3 Å². The molecule has 6 heteroatoms. The van der Waals surface area contributed by atoms with Crippen molar-refractivity contribution in [3.8, 4) is 11.5 Å². The minimum absolute atomic E-state index is 0.00551. The van der Waals surface area contributed by atoms with Crippen LogP contribution in [0.15, 0.2) is 42.5 Å². The molecule has 6 nitrogen and oxygen atoms in total. The molecule has 1 heterocycles. The molecule has 2 aromatic carbocycles. The Hall–Kier alpha value is -2.99. The molecule has 1 fully saturated rings. The summed E-state index contributed by atoms with van der Waals surface area (Å²) < 4.78 is 7.59. The fourth-order valence-electron chi connectivity index (χ4n) is 4.42. The third-order valence-corrected chi connectivity index (χ3v) is 6.37. The number of hydrogen-bond acceptors (Lipinski definition) is 4. The highest BCUT2D eigenvalue weighted by molar-refractivity contribution is 6.02. The van der Waals surface area contributed by atoms with Crippen LogP contribution < -0.4 is 5.32 Å². The maximum Gasteiger partial charge on any atom is 0.235 e. The van der Waals surface area contributed by atoms with Crippen molar-refractivity contribution >= 4 is 22.5 Å². The van der Waals surface area contributed by atoms with Crippen LogP contribution in [0.5, 0.6) is 11.5 Å². The van der Waals surface area contributed by atoms with Crippen LogP contribution in [0.2, 0.25) is 0 Å². The lowest BCUT2D eigenvalue weighted by atomic mass is 9.92. The van der Waals surface area contributed by atoms with Gasteiger partial charge in [-0.15, -0.1) is 0 Å². The summed E-state index contributed by atoms with van der Waals surface area (Å²) in [6.07, 6.45) is 2.37. The van der Waals surface area contributed by atoms with Gasteiger partial charge in [-0.05, 0) is 61.2 Å². The highest BCUT2D eigenvalue weighted by Gasteiger charge is 2.51. The second-order valence-electron chi connectivity index (χ2n) is 9.79. The first-order chi connectivity index (χ1) is 15.2. The standard InChI is InChI=1S/C26H32N2O4/c1-25(2,3)23-15-17-14-19(7-8-20(17)28(23)12-5-13-32-4)27-24(31)26(10-11-26)18-6-9-21(29)22(30)16-18/h6-9,14-16,29-30H,5,10-13H2,1-4H3,(H,27,31). The lowest BCUT2D eigenvalue weighted by molar-refractivity contribution is -0.118. The van der Waals surface area contributed by atoms with E-state index >= 15 is 0 Å². The zero-order valence-corrected chi connectivity index (χ0v) is 19.2. The zero-order chi connectivity index (χ0) is 23.1. The Morgan fingerprint density at radius 2 is 1.84 bits per heavy atom. The SMILES string of the molecule is COCCCn1c(C(C)(C)C)cc2cc(NC(=O)C3(c4ccc(O)c(O)c4)CC3)ccc21. The van der Waals surface area contributed by atoms with Crippen LogP contribution in [-0.2, 0) is 26.9 Å². The van der Waals surface area contributed by atoms with Crippen molar-refractivity contribution in [2.24, 2.45) is 0 Å². The summed E-state index contributed by atoms with van der Waals surface area (Å²) in [4.78, 5) is 13.2. The van der Waals surface area contributed by atoms with Crippen LogP contribution in [0.3, 0.4) is 0 Å². The highest BCUT2D eigenvalue weighted by atomic mass is 16.5. The van der Waals surface area contributed by atoms with E-state index < -0.39 is 5.41 Å². The number of nitrogens with one attached hydrogen (secondary N) is 1. The normalized spacial score (nSPS) is 15.1. The number of phenols is 2. The fourth-order valence-corrected chi connectivity index (χ4v) is 4.42. The fraction of sp³-hybridized carbons (Fsp3) is 0.423. The summed E-state index contributed by atoms with van der Waals surface area (Å²) in [5.74, 6) is -0.467. The second-order valence-corrected chi connectivity index (χ2v) is 9.79. The first-order valence-corrected chi connectivity index (χ1v) is 11.1. The number of nitrogens with zero attached hydrogens (tertiary/aromatic N) is 1. The topological polar surface area (TPSA) is 83.7 Å². The van der Waals surface area contributed by atoms with E-state index in [2.05, 4.69) is 42.8 Å². The number of aromatic hydroxyl groups is 2. The van der Waals surface area contributed by atoms with Crippen LogP contribution in [-0.4, -0.2) is 34.4 Å². The Bertz CT molecular complexity index is 1150. The van der Waals surface area contributed by atoms with Gasteiger partial charge in [-0.25, -0.2) is 0 Å². The van der Waals surface area contributed by atoms with Gasteiger partial charge in [0, 0.05) is 48.0 Å². The molecule has 0 bridgehead atoms. The summed E-state index contributed by atoms with van der Waals surface area (Å²) in [7, 11) is 1.72. The lowest BCUT2D eigenvalue weighted by Gasteiger charge is -2.22. The van der Waals surface area contributed by atoms with E-state index in [0.29, 0.717) is 6.61 Å². The van der Waals surface area contributed by atoms with Gasteiger partial charge in [0.05, 0.1) is 5.41 Å². The van der Waals surface area contributed by atoms with Gasteiger partial charge in [-0.2, -0.15) is 0 Å². The molecule has 1 aliphatic carbocycles. The molecule has 0 saturated heterocycles. The van der Waals surface area contributed by atoms with Gasteiger partial charge >= 0.3 is 0 Å². The molecule has 1 aromatic heterocycles. The first kappa shape index (κ1) is 22.2. The smallest absolute Gasteiger partial charge is 0.235 e. The Morgan fingerprint density at radius 1 is 1.09 bits per heavy atom. The number of ether oxygens (including phenoxy) is 1. The molecule has 4 rings (SSSR count). The molecular formula is C26H32N2O4. The average molecular weight is 437 g/mol. The van der Waals surface area contributed by atoms with Crippen LogP contribution in [0.25, 0.3) is 10.9 Å². The van der Waals surface area contributed by atoms with Gasteiger partial charge in [0.1, 0.15) is 0 Å². The van der Waals surface area contributed by atoms with Gasteiger partial charge in [0.15, 0.2) is 11.5 Å². The Labute approximate surface area is 188 Å². The van der Waals surface area contributed by atoms with Crippen molar-refractivity contribution in [3.05, 3.63) is 53.7 Å². The number of benzene rings is 2. The largest absolute Gasteiger partial charge is 0.504 e. The van der Waals surface area contributed by atoms with Crippen LogP contribution in [0, 0.1) is 0 Å². The molecular weight excluding hydrogens is 404 g/mol. The number of methoxy groups -OCH3 is 1. The van der Waals surface area contributed by atoms with E-state index in [4.69, 9.17) is 4.74 Å². The monoisotopic (exact) mass is 436 g/mol. The zero-order valence-electron chi connectivity index (χ0n) is 19.2. The van der Waals surface area contributed by atoms with Gasteiger partial charge in [-0.1, -0.05) is 26.8 Å². The highest BCUT2D eigenvalue weighted by Crippen LogP contribution is 2.50. The Morgan fingerprint density at radius 3 is 2.47 bits per heavy atom. The molecule has 0 atom stereocenters. The molecule has 0 unspecified atom stereocenters. The second kappa shape index (κ2) is 8.17. The van der Waals surface area contributed by atoms with Crippen LogP contribution >= 0.6 is 0 Å². The summed E-state index contributed by atoms with van der Waals surface area (Å²) in [6, 6.07) is 12.9. The summed E-state index contributed by atoms with van der Waals surface area (Å²) >= 11 is 0. The molecule has 3 N–H and O–H groups in total. The number of carbonyl (C=O) groups is 1. The molecule has 32 heavy (non-hydrogen) atoms. The Kier molecular flexibility index (Phi) is 5.67. The first-order valence-electron chi connectivity index (χ1n) is 11.1. The van der Waals surface area contributed by atoms with Gasteiger partial charge in [0.25, 0.3) is 0 Å². The minimum atomic E-state index is -0.650. The number of rotatable bonds is 7. The van der Waals surface area contributed by atoms with E-state index in [1.807, 2.05) is 12.1 Å². The molecule has 0 radical (unpaired) electrons. The summed E-state index contributed by atoms with van der Waals surface area (Å²) in [5.41, 5.74) is 3.23. The molecule has 0 spiro atoms. The van der Waals surface area contributed by atoms with Gasteiger partial charge in [0.2, 0.25) is 5.91 Å². The number of carbonyl (C=O) groups excluding carboxylic acids is 1. The third-order valence-electron chi connectivity index (χ3n) is 6.37. The summed E-state index contributed by atoms with van der Waals surface area (Å²) in [5, 5.41) is 23.6. The number of aromatic nitrogens is 1. The van der Waals surface area contributed by atoms with E-state index in [9.17, 15) is 15.0 Å². The Balaban J connectivity index is 1.61. The molecule has 170 valence electrons. The van der Waals surface area contributed by atoms with Crippen molar-refractivity contribution in [2.45, 2.75) is 57.4 Å². The van der Waals surface area contributed by atoms with E-state index in [1.54, 1.807) is 13.2 Å². The number of hydrogen-bond donors (Lipinski definition) is 3. The van der Waals surface area contributed by atoms with Crippen molar-refractivity contribution in [1.82, 2.24) is 4.57 Å². The number of phenolic OH excluding ortho intramolecular Hbond substituents is 2. The van der Waals surface area contributed by atoms with Crippen molar-refractivity contribution in [2.75, 3.05) is 19.0 Å². The number of amides is 1. The molecule has 1 amide bonds. The number of aryl methyl sites for hydroxylation is 1. The van der Waals surface area contributed by atoms with Crippen molar-refractivity contribution < 1.29 is 19.7 Å². The van der Waals surface area contributed by atoms with Gasteiger partial charge in [-0.3, -0.25) is 4.79 Å². The van der Waals surface area contributed by atoms with E-state index in [0.717, 1.165) is 48.0 Å². The minimum Gasteiger partial charge on any atom is -0.504 e. The lowest BCUT2D eigenvalue weighted by Crippen LogP contribution is -2.27. The van der Waals surface area contributed by atoms with Gasteiger partial charge < -0.3 is 24.8 Å². The van der Waals surface area contributed by atoms with Crippen LogP contribution in [0.4, 0.5) is 5.69 Å². The van der Waals surface area contributed by atoms with E-state index in [1.165, 1.54) is 17.8 Å². The quantitative estimate of drug-likeness (QED) is 0.357. The molecule has 1 saturated carbocycles. The average Bonchev–Trinajstić information content (AvgIpc) is 3.46. The maximum atomic E-state index is 13.2. The van der Waals surface area contributed by atoms with Crippen molar-refractivity contribution in [1.29, 1.82) is 0 Å². The number of anilines is 1. The van der Waals surface area contributed by atoms with Crippen molar-refractivity contribution in [3.63, 3.8) is 0 Å². The predicted molar refractivity (Wildman–Crippen MR) is 126 cm³/mol. The maximum absolute atomic E-state index is 13.2. The van der Waals surface area contributed by atoms with E-state index in [-0.39, 0.29) is 22.8 Å². The number of fused-ring (bicyclic) bond motifs is 1. The summed E-state index contributed by atoms with van der Waals surface area (Å²) in [6.45, 7) is 8.22.